The molecule has 174 valence electrons. The number of benzene rings is 2. The van der Waals surface area contributed by atoms with E-state index in [9.17, 15) is 18.0 Å². The number of methoxy groups -OCH3 is 1. The van der Waals surface area contributed by atoms with Gasteiger partial charge in [-0.25, -0.2) is 8.42 Å². The van der Waals surface area contributed by atoms with Gasteiger partial charge in [-0.1, -0.05) is 12.1 Å². The maximum Gasteiger partial charge on any atom is 0.324 e. The topological polar surface area (TPSA) is 105 Å². The van der Waals surface area contributed by atoms with E-state index in [4.69, 9.17) is 9.47 Å². The smallest absolute Gasteiger partial charge is 0.324 e. The van der Waals surface area contributed by atoms with E-state index in [0.29, 0.717) is 12.3 Å². The van der Waals surface area contributed by atoms with E-state index in [0.717, 1.165) is 11.3 Å². The van der Waals surface area contributed by atoms with Gasteiger partial charge in [0.15, 0.2) is 6.61 Å². The average Bonchev–Trinajstić information content (AvgIpc) is 2.77. The highest BCUT2D eigenvalue weighted by atomic mass is 32.2. The number of anilines is 1. The molecule has 1 amide bonds. The second-order valence-electron chi connectivity index (χ2n) is 7.44. The molecule has 0 bridgehead atoms. The van der Waals surface area contributed by atoms with Gasteiger partial charge < -0.3 is 19.3 Å². The van der Waals surface area contributed by atoms with Crippen LogP contribution in [0.4, 0.5) is 5.69 Å². The number of nitrogens with zero attached hydrogens (tertiary/aromatic N) is 2. The minimum atomic E-state index is -3.94. The summed E-state index contributed by atoms with van der Waals surface area (Å²) in [5.41, 5.74) is 1.97. The van der Waals surface area contributed by atoms with E-state index < -0.39 is 34.5 Å². The Balaban J connectivity index is 1.86. The molecule has 2 rings (SSSR count). The number of ether oxygens (including phenoxy) is 2. The molecule has 0 fully saturated rings. The Labute approximate surface area is 189 Å². The number of carbonyl (C=O) groups is 2. The largest absolute Gasteiger partial charge is 0.497 e. The summed E-state index contributed by atoms with van der Waals surface area (Å²) in [6, 6.07) is 12.3. The lowest BCUT2D eigenvalue weighted by Gasteiger charge is -2.19. The van der Waals surface area contributed by atoms with Crippen LogP contribution in [-0.4, -0.2) is 66.1 Å². The molecular formula is C22H29N3O6S. The first kappa shape index (κ1) is 25.2. The highest BCUT2D eigenvalue weighted by molar-refractivity contribution is 7.89. The normalized spacial score (nSPS) is 12.0. The van der Waals surface area contributed by atoms with Crippen molar-refractivity contribution in [2.45, 2.75) is 24.4 Å². The fraction of sp³-hybridized carbons (Fsp3) is 0.364. The number of rotatable bonds is 10. The van der Waals surface area contributed by atoms with Crippen molar-refractivity contribution < 1.29 is 27.5 Å². The van der Waals surface area contributed by atoms with Crippen LogP contribution in [0, 0.1) is 0 Å². The molecule has 0 aliphatic heterocycles. The number of amides is 1. The zero-order valence-corrected chi connectivity index (χ0v) is 19.7. The minimum Gasteiger partial charge on any atom is -0.497 e. The molecule has 1 atom stereocenters. The third-order valence-corrected chi connectivity index (χ3v) is 6.25. The predicted octanol–water partition coefficient (Wildman–Crippen LogP) is 1.63. The maximum absolute atomic E-state index is 12.4. The van der Waals surface area contributed by atoms with Crippen LogP contribution in [0.1, 0.15) is 12.5 Å². The van der Waals surface area contributed by atoms with Crippen LogP contribution in [0.25, 0.3) is 0 Å². The summed E-state index contributed by atoms with van der Waals surface area (Å²) < 4.78 is 37.1. The zero-order chi connectivity index (χ0) is 23.9. The van der Waals surface area contributed by atoms with Crippen molar-refractivity contribution >= 4 is 27.6 Å². The lowest BCUT2D eigenvalue weighted by atomic mass is 10.2. The Bertz CT molecular complexity index is 1020. The molecule has 0 saturated heterocycles. The van der Waals surface area contributed by atoms with Crippen molar-refractivity contribution in [2.75, 3.05) is 39.8 Å². The number of likely N-dealkylation sites (N-methyl/N-ethyl adjacent to an activating group) is 1. The molecule has 0 unspecified atom stereocenters. The number of carbonyl (C=O) groups excluding carboxylic acids is 2. The van der Waals surface area contributed by atoms with Crippen LogP contribution in [0.3, 0.4) is 0 Å². The molecule has 0 saturated carbocycles. The van der Waals surface area contributed by atoms with Gasteiger partial charge in [-0.2, -0.15) is 4.72 Å². The Morgan fingerprint density at radius 2 is 1.59 bits per heavy atom. The average molecular weight is 464 g/mol. The van der Waals surface area contributed by atoms with Gasteiger partial charge in [0, 0.05) is 33.4 Å². The number of esters is 1. The quantitative estimate of drug-likeness (QED) is 0.534. The van der Waals surface area contributed by atoms with Gasteiger partial charge in [0.25, 0.3) is 5.91 Å². The Morgan fingerprint density at radius 1 is 1.00 bits per heavy atom. The molecular weight excluding hydrogens is 434 g/mol. The van der Waals surface area contributed by atoms with E-state index in [1.165, 1.54) is 43.2 Å². The van der Waals surface area contributed by atoms with Crippen LogP contribution in [0.5, 0.6) is 5.75 Å². The Hall–Kier alpha value is -3.11. The summed E-state index contributed by atoms with van der Waals surface area (Å²) in [7, 11) is 3.02. The van der Waals surface area contributed by atoms with Gasteiger partial charge in [0.05, 0.1) is 12.0 Å². The maximum atomic E-state index is 12.4. The monoisotopic (exact) mass is 463 g/mol. The number of sulfonamides is 1. The van der Waals surface area contributed by atoms with Crippen molar-refractivity contribution in [2.24, 2.45) is 0 Å². The molecule has 0 aromatic heterocycles. The SMILES string of the molecule is COc1ccc(S(=O)(=O)N[C@@H](C)C(=O)OCC(=O)N(C)Cc2ccc(N(C)C)cc2)cc1. The van der Waals surface area contributed by atoms with E-state index in [1.54, 1.807) is 7.05 Å². The van der Waals surface area contributed by atoms with Crippen LogP contribution in [0.2, 0.25) is 0 Å². The summed E-state index contributed by atoms with van der Waals surface area (Å²) in [4.78, 5) is 27.9. The van der Waals surface area contributed by atoms with Crippen LogP contribution >= 0.6 is 0 Å². The molecule has 2 aromatic carbocycles. The third-order valence-electron chi connectivity index (χ3n) is 4.69. The van der Waals surface area contributed by atoms with Crippen molar-refractivity contribution in [1.82, 2.24) is 9.62 Å². The van der Waals surface area contributed by atoms with Crippen molar-refractivity contribution in [1.29, 1.82) is 0 Å². The highest BCUT2D eigenvalue weighted by Crippen LogP contribution is 2.16. The Morgan fingerprint density at radius 3 is 2.12 bits per heavy atom. The highest BCUT2D eigenvalue weighted by Gasteiger charge is 2.24. The molecule has 1 N–H and O–H groups in total. The lowest BCUT2D eigenvalue weighted by molar-refractivity contribution is -0.152. The van der Waals surface area contributed by atoms with Gasteiger partial charge in [-0.05, 0) is 48.9 Å². The lowest BCUT2D eigenvalue weighted by Crippen LogP contribution is -2.41. The molecule has 0 heterocycles. The summed E-state index contributed by atoms with van der Waals surface area (Å²) >= 11 is 0. The summed E-state index contributed by atoms with van der Waals surface area (Å²) in [5.74, 6) is -0.743. The van der Waals surface area contributed by atoms with Crippen LogP contribution in [0.15, 0.2) is 53.4 Å². The van der Waals surface area contributed by atoms with E-state index in [2.05, 4.69) is 4.72 Å². The fourth-order valence-electron chi connectivity index (χ4n) is 2.73. The molecule has 10 heteroatoms. The van der Waals surface area contributed by atoms with Crippen molar-refractivity contribution in [3.05, 3.63) is 54.1 Å². The molecule has 0 radical (unpaired) electrons. The van der Waals surface area contributed by atoms with Crippen molar-refractivity contribution in [3.63, 3.8) is 0 Å². The van der Waals surface area contributed by atoms with Crippen LogP contribution < -0.4 is 14.4 Å². The van der Waals surface area contributed by atoms with Gasteiger partial charge in [-0.15, -0.1) is 0 Å². The van der Waals surface area contributed by atoms with Gasteiger partial charge in [0.1, 0.15) is 11.8 Å². The summed E-state index contributed by atoms with van der Waals surface area (Å²) in [6.07, 6.45) is 0. The molecule has 2 aromatic rings. The van der Waals surface area contributed by atoms with Crippen LogP contribution in [-0.2, 0) is 30.9 Å². The standard InChI is InChI=1S/C22H29N3O6S/c1-16(23-32(28,29)20-12-10-19(30-5)11-13-20)22(27)31-15-21(26)25(4)14-17-6-8-18(9-7-17)24(2)3/h6-13,16,23H,14-15H2,1-5H3/t16-/m0/s1. The van der Waals surface area contributed by atoms with Gasteiger partial charge in [0.2, 0.25) is 10.0 Å². The molecule has 9 nitrogen and oxygen atoms in total. The summed E-state index contributed by atoms with van der Waals surface area (Å²) in [5, 5.41) is 0. The first-order valence-corrected chi connectivity index (χ1v) is 11.3. The molecule has 0 aliphatic carbocycles. The Kier molecular flexibility index (Phi) is 8.62. The summed E-state index contributed by atoms with van der Waals surface area (Å²) in [6.45, 7) is 1.22. The first-order chi connectivity index (χ1) is 15.0. The van der Waals surface area contributed by atoms with E-state index in [-0.39, 0.29) is 4.90 Å². The second kappa shape index (κ2) is 11.0. The second-order valence-corrected chi connectivity index (χ2v) is 9.15. The molecule has 0 spiro atoms. The fourth-order valence-corrected chi connectivity index (χ4v) is 3.93. The number of nitrogens with one attached hydrogen (secondary N) is 1. The number of hydrogen-bond acceptors (Lipinski definition) is 7. The van der Waals surface area contributed by atoms with Gasteiger partial charge in [-0.3, -0.25) is 9.59 Å². The predicted molar refractivity (Wildman–Crippen MR) is 121 cm³/mol. The minimum absolute atomic E-state index is 0.0194. The molecule has 32 heavy (non-hydrogen) atoms. The number of hydrogen-bond donors (Lipinski definition) is 1. The van der Waals surface area contributed by atoms with Crippen molar-refractivity contribution in [3.8, 4) is 5.75 Å². The van der Waals surface area contributed by atoms with E-state index >= 15 is 0 Å². The zero-order valence-electron chi connectivity index (χ0n) is 18.9. The van der Waals surface area contributed by atoms with Gasteiger partial charge >= 0.3 is 5.97 Å². The first-order valence-electron chi connectivity index (χ1n) is 9.86. The molecule has 0 aliphatic rings. The van der Waals surface area contributed by atoms with E-state index in [1.807, 2.05) is 43.3 Å². The third kappa shape index (κ3) is 6.96.